The first kappa shape index (κ1) is 28.7. The Labute approximate surface area is 218 Å². The van der Waals surface area contributed by atoms with Gasteiger partial charge in [0.2, 0.25) is 6.54 Å². The van der Waals surface area contributed by atoms with Crippen molar-refractivity contribution < 1.29 is 13.8 Å². The largest absolute Gasteiger partial charge is 0.352 e. The van der Waals surface area contributed by atoms with Gasteiger partial charge in [0.25, 0.3) is 14.1 Å². The van der Waals surface area contributed by atoms with Crippen LogP contribution in [0.2, 0.25) is 0 Å². The molecular weight excluding hydrogens is 493 g/mol. The maximum Gasteiger partial charge on any atom is 0.330 e. The molecule has 0 amide bonds. The molecule has 0 aromatic carbocycles. The van der Waals surface area contributed by atoms with E-state index in [-0.39, 0.29) is 43.0 Å². The summed E-state index contributed by atoms with van der Waals surface area (Å²) in [7, 11) is -1.46. The van der Waals surface area contributed by atoms with Crippen LogP contribution in [-0.4, -0.2) is 56.6 Å². The SMILES string of the molecule is [C-]#[N+]CCOP(OC1C[C@H](n2cc(C#Cc3cccnc3)c(=O)[nH]c2=O)O[C@@H]1CC)N(C(C)C)C(C)C. The lowest BCUT2D eigenvalue weighted by Crippen LogP contribution is -2.36. The normalized spacial score (nSPS) is 20.1. The van der Waals surface area contributed by atoms with E-state index >= 15 is 0 Å². The summed E-state index contributed by atoms with van der Waals surface area (Å²) in [5.74, 6) is 5.73. The highest BCUT2D eigenvalue weighted by molar-refractivity contribution is 7.44. The third-order valence-corrected chi connectivity index (χ3v) is 7.90. The fraction of sp³-hybridized carbons (Fsp3) is 0.538. The molecule has 4 atom stereocenters. The number of hydrogen-bond donors (Lipinski definition) is 1. The minimum atomic E-state index is -1.46. The third kappa shape index (κ3) is 7.58. The minimum Gasteiger partial charge on any atom is -0.352 e. The topological polar surface area (TPSA) is 103 Å². The van der Waals surface area contributed by atoms with Crippen LogP contribution in [0.1, 0.15) is 64.8 Å². The number of nitrogens with one attached hydrogen (secondary N) is 1. The molecular formula is C26H34N5O5P. The summed E-state index contributed by atoms with van der Waals surface area (Å²) < 4.78 is 22.3. The quantitative estimate of drug-likeness (QED) is 0.218. The standard InChI is InChI=1S/C26H34N5O5P/c1-7-22-23(36-37(34-14-13-27-6)31(18(2)3)19(4)5)15-24(35-22)30-17-21(25(32)29-26(30)33)11-10-20-9-8-12-28-16-20/h8-9,12,16-19,22-24H,7,13-15H2,1-5H3,(H,29,32,33)/t22-,23?,24-,37?/m1/s1. The zero-order chi connectivity index (χ0) is 26.9. The molecule has 2 unspecified atom stereocenters. The number of rotatable bonds is 10. The number of nitrogens with zero attached hydrogens (tertiary/aromatic N) is 4. The maximum absolute atomic E-state index is 12.7. The van der Waals surface area contributed by atoms with Crippen molar-refractivity contribution in [2.45, 2.75) is 78.0 Å². The number of hydrogen-bond acceptors (Lipinski definition) is 7. The molecule has 0 radical (unpaired) electrons. The lowest BCUT2D eigenvalue weighted by Gasteiger charge is -2.37. The van der Waals surface area contributed by atoms with Crippen molar-refractivity contribution in [2.75, 3.05) is 13.2 Å². The fourth-order valence-corrected chi connectivity index (χ4v) is 5.86. The summed E-state index contributed by atoms with van der Waals surface area (Å²) in [6, 6.07) is 3.88. The van der Waals surface area contributed by atoms with Crippen molar-refractivity contribution >= 4 is 8.53 Å². The molecule has 10 nitrogen and oxygen atoms in total. The Morgan fingerprint density at radius 1 is 1.32 bits per heavy atom. The Balaban J connectivity index is 1.85. The van der Waals surface area contributed by atoms with E-state index in [1.165, 1.54) is 10.8 Å². The molecule has 0 spiro atoms. The average molecular weight is 528 g/mol. The fourth-order valence-electron chi connectivity index (χ4n) is 4.11. The number of aromatic nitrogens is 3. The monoisotopic (exact) mass is 527 g/mol. The molecule has 1 aliphatic rings. The lowest BCUT2D eigenvalue weighted by molar-refractivity contribution is -0.0201. The molecule has 37 heavy (non-hydrogen) atoms. The molecule has 11 heteroatoms. The van der Waals surface area contributed by atoms with Gasteiger partial charge >= 0.3 is 5.69 Å². The van der Waals surface area contributed by atoms with Crippen LogP contribution < -0.4 is 11.2 Å². The van der Waals surface area contributed by atoms with Crippen LogP contribution in [0.4, 0.5) is 0 Å². The summed E-state index contributed by atoms with van der Waals surface area (Å²) in [4.78, 5) is 34.9. The van der Waals surface area contributed by atoms with Crippen LogP contribution in [0.15, 0.2) is 40.3 Å². The predicted molar refractivity (Wildman–Crippen MR) is 142 cm³/mol. The summed E-state index contributed by atoms with van der Waals surface area (Å²) in [6.45, 7) is 17.9. The van der Waals surface area contributed by atoms with Gasteiger partial charge in [0.15, 0.2) is 0 Å². The van der Waals surface area contributed by atoms with Gasteiger partial charge in [0.05, 0.1) is 12.2 Å². The van der Waals surface area contributed by atoms with E-state index in [4.69, 9.17) is 20.4 Å². The molecule has 0 aliphatic carbocycles. The Bertz CT molecular complexity index is 1240. The van der Waals surface area contributed by atoms with Crippen molar-refractivity contribution in [1.29, 1.82) is 0 Å². The van der Waals surface area contributed by atoms with Gasteiger partial charge in [-0.2, -0.15) is 0 Å². The summed E-state index contributed by atoms with van der Waals surface area (Å²) in [6.07, 6.45) is 4.50. The first-order chi connectivity index (χ1) is 17.7. The second-order valence-electron chi connectivity index (χ2n) is 9.14. The number of ether oxygens (including phenoxy) is 1. The molecule has 3 rings (SSSR count). The molecule has 0 saturated carbocycles. The third-order valence-electron chi connectivity index (χ3n) is 5.74. The summed E-state index contributed by atoms with van der Waals surface area (Å²) in [5.41, 5.74) is -0.321. The molecule has 1 aliphatic heterocycles. The van der Waals surface area contributed by atoms with Gasteiger partial charge in [-0.05, 0) is 46.2 Å². The number of aromatic amines is 1. The number of H-pyrrole nitrogens is 1. The maximum atomic E-state index is 12.7. The van der Waals surface area contributed by atoms with Crippen LogP contribution in [0.5, 0.6) is 0 Å². The average Bonchev–Trinajstić information content (AvgIpc) is 3.26. The van der Waals surface area contributed by atoms with Gasteiger partial charge in [-0.25, -0.2) is 16.0 Å². The molecule has 3 heterocycles. The highest BCUT2D eigenvalue weighted by Crippen LogP contribution is 2.50. The van der Waals surface area contributed by atoms with Gasteiger partial charge < -0.3 is 18.6 Å². The van der Waals surface area contributed by atoms with E-state index in [2.05, 4.69) is 59.0 Å². The van der Waals surface area contributed by atoms with E-state index < -0.39 is 26.0 Å². The van der Waals surface area contributed by atoms with Crippen LogP contribution in [-0.2, 0) is 13.8 Å². The van der Waals surface area contributed by atoms with E-state index in [0.29, 0.717) is 18.4 Å². The van der Waals surface area contributed by atoms with Crippen LogP contribution in [0.25, 0.3) is 4.85 Å². The minimum absolute atomic E-state index is 0.153. The molecule has 2 aromatic rings. The molecule has 1 fully saturated rings. The van der Waals surface area contributed by atoms with Gasteiger partial charge in [0, 0.05) is 42.7 Å². The van der Waals surface area contributed by atoms with Crippen molar-refractivity contribution in [3.8, 4) is 11.8 Å². The Kier molecular flexibility index (Phi) is 10.6. The molecule has 1 N–H and O–H groups in total. The van der Waals surface area contributed by atoms with Crippen molar-refractivity contribution in [2.24, 2.45) is 0 Å². The summed E-state index contributed by atoms with van der Waals surface area (Å²) in [5, 5.41) is 0. The zero-order valence-corrected chi connectivity index (χ0v) is 22.8. The van der Waals surface area contributed by atoms with Crippen LogP contribution in [0, 0.1) is 18.4 Å². The summed E-state index contributed by atoms with van der Waals surface area (Å²) >= 11 is 0. The van der Waals surface area contributed by atoms with Gasteiger partial charge in [0.1, 0.15) is 18.4 Å². The zero-order valence-electron chi connectivity index (χ0n) is 21.9. The highest BCUT2D eigenvalue weighted by atomic mass is 31.2. The Morgan fingerprint density at radius 3 is 2.70 bits per heavy atom. The van der Waals surface area contributed by atoms with Crippen LogP contribution >= 0.6 is 8.53 Å². The smallest absolute Gasteiger partial charge is 0.330 e. The number of pyridine rings is 1. The van der Waals surface area contributed by atoms with Gasteiger partial charge in [-0.1, -0.05) is 18.8 Å². The predicted octanol–water partition coefficient (Wildman–Crippen LogP) is 3.70. The first-order valence-electron chi connectivity index (χ1n) is 12.4. The molecule has 2 aromatic heterocycles. The highest BCUT2D eigenvalue weighted by Gasteiger charge is 2.40. The van der Waals surface area contributed by atoms with Crippen molar-refractivity contribution in [1.82, 2.24) is 19.2 Å². The molecule has 0 bridgehead atoms. The van der Waals surface area contributed by atoms with E-state index in [1.54, 1.807) is 24.5 Å². The van der Waals surface area contributed by atoms with Crippen molar-refractivity contribution in [3.05, 3.63) is 74.1 Å². The second-order valence-corrected chi connectivity index (χ2v) is 10.5. The van der Waals surface area contributed by atoms with E-state index in [9.17, 15) is 9.59 Å². The van der Waals surface area contributed by atoms with Gasteiger partial charge in [-0.3, -0.25) is 19.3 Å². The van der Waals surface area contributed by atoms with E-state index in [1.807, 2.05) is 6.92 Å². The Morgan fingerprint density at radius 2 is 2.08 bits per heavy atom. The second kappa shape index (κ2) is 13.6. The first-order valence-corrected chi connectivity index (χ1v) is 13.5. The molecule has 1 saturated heterocycles. The Hall–Kier alpha value is -2.85. The van der Waals surface area contributed by atoms with Crippen molar-refractivity contribution in [3.63, 3.8) is 0 Å². The van der Waals surface area contributed by atoms with Gasteiger partial charge in [-0.15, -0.1) is 0 Å². The van der Waals surface area contributed by atoms with Crippen LogP contribution in [0.3, 0.4) is 0 Å². The van der Waals surface area contributed by atoms with E-state index in [0.717, 1.165) is 0 Å². The molecule has 198 valence electrons. The lowest BCUT2D eigenvalue weighted by atomic mass is 10.1.